The van der Waals surface area contributed by atoms with E-state index < -0.39 is 5.54 Å². The van der Waals surface area contributed by atoms with Gasteiger partial charge >= 0.3 is 0 Å². The van der Waals surface area contributed by atoms with Crippen LogP contribution in [0.5, 0.6) is 0 Å². The minimum Gasteiger partial charge on any atom is -0.394 e. The van der Waals surface area contributed by atoms with Gasteiger partial charge in [-0.25, -0.2) is 0 Å². The van der Waals surface area contributed by atoms with E-state index in [2.05, 4.69) is 18.7 Å². The summed E-state index contributed by atoms with van der Waals surface area (Å²) in [6, 6.07) is 0.650. The summed E-state index contributed by atoms with van der Waals surface area (Å²) in [7, 11) is 1.76. The van der Waals surface area contributed by atoms with Crippen molar-refractivity contribution in [2.75, 3.05) is 33.4 Å². The molecule has 0 amide bonds. The number of nitrogens with two attached hydrogens (primary N) is 1. The van der Waals surface area contributed by atoms with Gasteiger partial charge in [0, 0.05) is 25.2 Å². The monoisotopic (exact) mass is 274 g/mol. The van der Waals surface area contributed by atoms with Crippen LogP contribution < -0.4 is 5.73 Å². The van der Waals surface area contributed by atoms with Crippen LogP contribution in [-0.4, -0.2) is 55.0 Å². The molecule has 0 aliphatic carbocycles. The van der Waals surface area contributed by atoms with Gasteiger partial charge in [-0.3, -0.25) is 4.90 Å². The van der Waals surface area contributed by atoms with Crippen molar-refractivity contribution in [2.45, 2.75) is 64.5 Å². The SMILES string of the molecule is CCC(CC)N(CCCCC(C)(N)CO)CCOC. The molecular formula is C15H34N2O2. The van der Waals surface area contributed by atoms with Crippen LogP contribution in [-0.2, 0) is 4.74 Å². The zero-order chi connectivity index (χ0) is 14.7. The Bertz CT molecular complexity index is 206. The highest BCUT2D eigenvalue weighted by Gasteiger charge is 2.18. The molecule has 0 aromatic carbocycles. The summed E-state index contributed by atoms with van der Waals surface area (Å²) >= 11 is 0. The lowest BCUT2D eigenvalue weighted by molar-refractivity contribution is 0.112. The molecule has 3 N–H and O–H groups in total. The van der Waals surface area contributed by atoms with E-state index in [1.54, 1.807) is 7.11 Å². The van der Waals surface area contributed by atoms with Gasteiger partial charge in [0.1, 0.15) is 0 Å². The van der Waals surface area contributed by atoms with Crippen molar-refractivity contribution in [3.8, 4) is 0 Å². The Morgan fingerprint density at radius 2 is 1.84 bits per heavy atom. The zero-order valence-electron chi connectivity index (χ0n) is 13.3. The van der Waals surface area contributed by atoms with E-state index in [0.29, 0.717) is 6.04 Å². The smallest absolute Gasteiger partial charge is 0.0608 e. The Balaban J connectivity index is 4.04. The van der Waals surface area contributed by atoms with Crippen molar-refractivity contribution in [1.29, 1.82) is 0 Å². The van der Waals surface area contributed by atoms with Gasteiger partial charge in [0.15, 0.2) is 0 Å². The van der Waals surface area contributed by atoms with Gasteiger partial charge in [-0.1, -0.05) is 20.3 Å². The Morgan fingerprint density at radius 3 is 2.32 bits per heavy atom. The standard InChI is InChI=1S/C15H34N2O2/c1-5-14(6-2)17(11-12-19-4)10-8-7-9-15(3,16)13-18/h14,18H,5-13,16H2,1-4H3. The van der Waals surface area contributed by atoms with E-state index in [1.807, 2.05) is 6.92 Å². The fourth-order valence-electron chi connectivity index (χ4n) is 2.41. The Hall–Kier alpha value is -0.160. The molecule has 4 nitrogen and oxygen atoms in total. The Labute approximate surface area is 119 Å². The molecule has 0 aromatic rings. The molecule has 0 spiro atoms. The number of methoxy groups -OCH3 is 1. The van der Waals surface area contributed by atoms with Crippen molar-refractivity contribution >= 4 is 0 Å². The zero-order valence-corrected chi connectivity index (χ0v) is 13.3. The second-order valence-corrected chi connectivity index (χ2v) is 5.77. The second kappa shape index (κ2) is 10.6. The van der Waals surface area contributed by atoms with Gasteiger partial charge in [-0.05, 0) is 39.2 Å². The van der Waals surface area contributed by atoms with Crippen molar-refractivity contribution in [3.05, 3.63) is 0 Å². The van der Waals surface area contributed by atoms with Gasteiger partial charge in [0.25, 0.3) is 0 Å². The molecule has 19 heavy (non-hydrogen) atoms. The van der Waals surface area contributed by atoms with E-state index in [4.69, 9.17) is 15.6 Å². The maximum absolute atomic E-state index is 9.13. The van der Waals surface area contributed by atoms with Crippen LogP contribution in [0.1, 0.15) is 52.9 Å². The topological polar surface area (TPSA) is 58.7 Å². The van der Waals surface area contributed by atoms with E-state index >= 15 is 0 Å². The first-order chi connectivity index (χ1) is 9.00. The van der Waals surface area contributed by atoms with Gasteiger partial charge in [-0.15, -0.1) is 0 Å². The summed E-state index contributed by atoms with van der Waals surface area (Å²) in [5.41, 5.74) is 5.52. The highest BCUT2D eigenvalue weighted by Crippen LogP contribution is 2.13. The van der Waals surface area contributed by atoms with Crippen LogP contribution in [0.2, 0.25) is 0 Å². The maximum Gasteiger partial charge on any atom is 0.0608 e. The molecule has 0 heterocycles. The first-order valence-corrected chi connectivity index (χ1v) is 7.63. The molecule has 0 saturated carbocycles. The molecule has 116 valence electrons. The highest BCUT2D eigenvalue weighted by molar-refractivity contribution is 4.77. The minimum absolute atomic E-state index is 0.0624. The molecule has 4 heteroatoms. The lowest BCUT2D eigenvalue weighted by atomic mass is 9.97. The summed E-state index contributed by atoms with van der Waals surface area (Å²) in [6.45, 7) is 9.36. The molecule has 1 unspecified atom stereocenters. The van der Waals surface area contributed by atoms with Gasteiger partial charge in [0.05, 0.1) is 13.2 Å². The number of hydrogen-bond acceptors (Lipinski definition) is 4. The fraction of sp³-hybridized carbons (Fsp3) is 1.00. The molecule has 0 aliphatic heterocycles. The maximum atomic E-state index is 9.13. The molecule has 0 rings (SSSR count). The quantitative estimate of drug-likeness (QED) is 0.534. The summed E-state index contributed by atoms with van der Waals surface area (Å²) in [6.07, 6.45) is 5.45. The lowest BCUT2D eigenvalue weighted by Gasteiger charge is -2.30. The number of aliphatic hydroxyl groups is 1. The third kappa shape index (κ3) is 8.58. The van der Waals surface area contributed by atoms with E-state index in [-0.39, 0.29) is 6.61 Å². The van der Waals surface area contributed by atoms with E-state index in [1.165, 1.54) is 12.8 Å². The summed E-state index contributed by atoms with van der Waals surface area (Å²) in [5, 5.41) is 9.13. The summed E-state index contributed by atoms with van der Waals surface area (Å²) in [5.74, 6) is 0. The molecule has 1 atom stereocenters. The Kier molecular flexibility index (Phi) is 10.5. The number of ether oxygens (including phenoxy) is 1. The second-order valence-electron chi connectivity index (χ2n) is 5.77. The molecule has 0 bridgehead atoms. The Morgan fingerprint density at radius 1 is 1.21 bits per heavy atom. The van der Waals surface area contributed by atoms with Gasteiger partial charge in [-0.2, -0.15) is 0 Å². The summed E-state index contributed by atoms with van der Waals surface area (Å²) in [4.78, 5) is 2.52. The molecule has 0 radical (unpaired) electrons. The minimum atomic E-state index is -0.424. The van der Waals surface area contributed by atoms with Crippen LogP contribution in [0.15, 0.2) is 0 Å². The largest absolute Gasteiger partial charge is 0.394 e. The van der Waals surface area contributed by atoms with Gasteiger partial charge < -0.3 is 15.6 Å². The van der Waals surface area contributed by atoms with Crippen molar-refractivity contribution < 1.29 is 9.84 Å². The molecule has 0 aromatic heterocycles. The van der Waals surface area contributed by atoms with Crippen LogP contribution >= 0.6 is 0 Å². The predicted octanol–water partition coefficient (Wildman–Crippen LogP) is 2.00. The lowest BCUT2D eigenvalue weighted by Crippen LogP contribution is -2.40. The van der Waals surface area contributed by atoms with Crippen LogP contribution in [0.25, 0.3) is 0 Å². The number of unbranched alkanes of at least 4 members (excludes halogenated alkanes) is 1. The van der Waals surface area contributed by atoms with Crippen LogP contribution in [0.3, 0.4) is 0 Å². The van der Waals surface area contributed by atoms with Crippen LogP contribution in [0.4, 0.5) is 0 Å². The normalized spacial score (nSPS) is 15.2. The average Bonchev–Trinajstić information content (AvgIpc) is 2.41. The fourth-order valence-corrected chi connectivity index (χ4v) is 2.41. The molecule has 0 aliphatic rings. The number of rotatable bonds is 12. The van der Waals surface area contributed by atoms with E-state index in [9.17, 15) is 0 Å². The van der Waals surface area contributed by atoms with Crippen molar-refractivity contribution in [2.24, 2.45) is 5.73 Å². The number of aliphatic hydroxyl groups excluding tert-OH is 1. The van der Waals surface area contributed by atoms with Crippen molar-refractivity contribution in [3.63, 3.8) is 0 Å². The van der Waals surface area contributed by atoms with Gasteiger partial charge in [0.2, 0.25) is 0 Å². The molecule has 0 fully saturated rings. The van der Waals surface area contributed by atoms with Crippen molar-refractivity contribution in [1.82, 2.24) is 4.90 Å². The molecule has 0 saturated heterocycles. The van der Waals surface area contributed by atoms with E-state index in [0.717, 1.165) is 39.0 Å². The first kappa shape index (κ1) is 18.8. The highest BCUT2D eigenvalue weighted by atomic mass is 16.5. The third-order valence-electron chi connectivity index (χ3n) is 3.85. The third-order valence-corrected chi connectivity index (χ3v) is 3.85. The predicted molar refractivity (Wildman–Crippen MR) is 81.3 cm³/mol. The summed E-state index contributed by atoms with van der Waals surface area (Å²) < 4.78 is 5.19. The molecular weight excluding hydrogens is 240 g/mol. The number of nitrogens with zero attached hydrogens (tertiary/aromatic N) is 1. The number of hydrogen-bond donors (Lipinski definition) is 2. The average molecular weight is 274 g/mol. The van der Waals surface area contributed by atoms with Crippen LogP contribution in [0, 0.1) is 0 Å². The first-order valence-electron chi connectivity index (χ1n) is 7.63.